The minimum Gasteiger partial charge on any atom is -0.455 e. The summed E-state index contributed by atoms with van der Waals surface area (Å²) >= 11 is 0. The summed E-state index contributed by atoms with van der Waals surface area (Å²) in [5.41, 5.74) is 0.0654. The summed E-state index contributed by atoms with van der Waals surface area (Å²) in [5.74, 6) is -6.18. The summed E-state index contributed by atoms with van der Waals surface area (Å²) in [6, 6.07) is 11.7. The topological polar surface area (TPSA) is 186 Å². The summed E-state index contributed by atoms with van der Waals surface area (Å²) < 4.78 is 28.7. The third kappa shape index (κ3) is 6.72. The molecule has 0 aromatic carbocycles. The van der Waals surface area contributed by atoms with Gasteiger partial charge in [-0.05, 0) is 48.5 Å². The summed E-state index contributed by atoms with van der Waals surface area (Å²) in [6.07, 6.45) is 5.96. The fourth-order valence-electron chi connectivity index (χ4n) is 4.27. The Bertz CT molecular complexity index is 1600. The van der Waals surface area contributed by atoms with Crippen LogP contribution in [-0.2, 0) is 23.7 Å². The summed E-state index contributed by atoms with van der Waals surface area (Å²) in [7, 11) is 0. The van der Waals surface area contributed by atoms with Crippen molar-refractivity contribution in [2.45, 2.75) is 24.1 Å². The van der Waals surface area contributed by atoms with E-state index in [4.69, 9.17) is 23.7 Å². The second-order valence-corrected chi connectivity index (χ2v) is 9.28. The van der Waals surface area contributed by atoms with Crippen molar-refractivity contribution in [3.8, 4) is 0 Å². The highest BCUT2D eigenvalue weighted by Gasteiger charge is 2.63. The predicted molar refractivity (Wildman–Crippen MR) is 146 cm³/mol. The van der Waals surface area contributed by atoms with Crippen LogP contribution in [0.3, 0.4) is 0 Å². The maximum atomic E-state index is 13.3. The van der Waals surface area contributed by atoms with E-state index in [1.165, 1.54) is 98.1 Å². The average molecular weight is 601 g/mol. The van der Waals surface area contributed by atoms with Crippen molar-refractivity contribution in [3.63, 3.8) is 0 Å². The van der Waals surface area contributed by atoms with Crippen molar-refractivity contribution in [2.24, 2.45) is 0 Å². The van der Waals surface area contributed by atoms with Gasteiger partial charge in [0.1, 0.15) is 6.10 Å². The Morgan fingerprint density at radius 3 is 1.59 bits per heavy atom. The van der Waals surface area contributed by atoms with Crippen molar-refractivity contribution in [3.05, 3.63) is 120 Å². The van der Waals surface area contributed by atoms with Gasteiger partial charge in [0, 0.05) is 49.6 Å². The van der Waals surface area contributed by atoms with Crippen LogP contribution in [0.5, 0.6) is 0 Å². The Morgan fingerprint density at radius 1 is 0.682 bits per heavy atom. The molecule has 0 aliphatic carbocycles. The van der Waals surface area contributed by atoms with Gasteiger partial charge in [0.25, 0.3) is 5.79 Å². The van der Waals surface area contributed by atoms with Crippen molar-refractivity contribution in [2.75, 3.05) is 13.2 Å². The molecule has 1 N–H and O–H groups in total. The van der Waals surface area contributed by atoms with E-state index in [2.05, 4.69) is 19.9 Å². The Morgan fingerprint density at radius 2 is 1.14 bits per heavy atom. The Labute approximate surface area is 249 Å². The molecule has 1 saturated heterocycles. The van der Waals surface area contributed by atoms with Gasteiger partial charge in [-0.25, -0.2) is 19.2 Å². The molecule has 1 fully saturated rings. The third-order valence-corrected chi connectivity index (χ3v) is 6.37. The molecule has 4 aromatic rings. The van der Waals surface area contributed by atoms with Crippen LogP contribution in [0.25, 0.3) is 0 Å². The Balaban J connectivity index is 1.54. The maximum Gasteiger partial charge on any atom is 0.342 e. The number of nitrogens with zero attached hydrogens (tertiary/aromatic N) is 4. The lowest BCUT2D eigenvalue weighted by Gasteiger charge is -2.33. The first-order valence-electron chi connectivity index (χ1n) is 13.1. The molecule has 0 radical (unpaired) electrons. The van der Waals surface area contributed by atoms with E-state index in [0.29, 0.717) is 0 Å². The normalized spacial score (nSPS) is 20.7. The number of pyridine rings is 4. The second-order valence-electron chi connectivity index (χ2n) is 9.28. The summed E-state index contributed by atoms with van der Waals surface area (Å²) in [6.45, 7) is -1.64. The molecule has 14 nitrogen and oxygen atoms in total. The quantitative estimate of drug-likeness (QED) is 0.205. The second kappa shape index (κ2) is 13.6. The molecule has 44 heavy (non-hydrogen) atoms. The van der Waals surface area contributed by atoms with E-state index < -0.39 is 61.2 Å². The SMILES string of the molecule is O=C(OCC1(OC(=O)c2cccnc2)O[C@H](CO)[C@@H](OC(=O)c2cccnc2)[C@@H]1OC(=O)c1cccnc1)c1cccnc1. The molecule has 14 heteroatoms. The number of hydrogen-bond acceptors (Lipinski definition) is 14. The van der Waals surface area contributed by atoms with E-state index in [-0.39, 0.29) is 22.3 Å². The van der Waals surface area contributed by atoms with Crippen LogP contribution in [-0.4, -0.2) is 86.2 Å². The van der Waals surface area contributed by atoms with Gasteiger partial charge in [-0.3, -0.25) is 19.9 Å². The smallest absolute Gasteiger partial charge is 0.342 e. The Kier molecular flexibility index (Phi) is 9.22. The number of carbonyl (C=O) groups is 4. The molecular weight excluding hydrogens is 576 g/mol. The first-order valence-corrected chi connectivity index (χ1v) is 13.1. The zero-order chi connectivity index (χ0) is 30.9. The number of ether oxygens (including phenoxy) is 5. The molecule has 1 aliphatic rings. The number of aromatic nitrogens is 4. The first kappa shape index (κ1) is 29.9. The van der Waals surface area contributed by atoms with Gasteiger partial charge in [0.15, 0.2) is 12.7 Å². The largest absolute Gasteiger partial charge is 0.455 e. The standard InChI is InChI=1S/C30H24N4O10/c35-17-23-24(41-27(37)20-6-2-10-32-14-20)25(42-28(38)21-7-3-11-33-15-21)30(43-23,44-29(39)22-8-4-12-34-16-22)18-40-26(36)19-5-1-9-31-13-19/h1-16,23-25,35H,17-18H2/t23-,24-,25+,30?/m1/s1. The molecule has 0 amide bonds. The minimum absolute atomic E-state index is 0.00266. The summed E-state index contributed by atoms with van der Waals surface area (Å²) in [5, 5.41) is 10.3. The van der Waals surface area contributed by atoms with E-state index in [9.17, 15) is 24.3 Å². The molecule has 0 saturated carbocycles. The molecule has 1 aliphatic heterocycles. The number of aliphatic hydroxyl groups is 1. The third-order valence-electron chi connectivity index (χ3n) is 6.37. The first-order chi connectivity index (χ1) is 21.4. The lowest BCUT2D eigenvalue weighted by molar-refractivity contribution is -0.246. The number of esters is 4. The zero-order valence-corrected chi connectivity index (χ0v) is 22.8. The van der Waals surface area contributed by atoms with Gasteiger partial charge in [0.2, 0.25) is 6.10 Å². The number of carbonyl (C=O) groups excluding carboxylic acids is 4. The van der Waals surface area contributed by atoms with Gasteiger partial charge in [-0.2, -0.15) is 0 Å². The van der Waals surface area contributed by atoms with Gasteiger partial charge in [-0.15, -0.1) is 0 Å². The minimum atomic E-state index is -2.42. The van der Waals surface area contributed by atoms with Crippen LogP contribution in [0.15, 0.2) is 98.1 Å². The molecule has 0 spiro atoms. The van der Waals surface area contributed by atoms with Crippen LogP contribution in [0.2, 0.25) is 0 Å². The van der Waals surface area contributed by atoms with E-state index in [1.54, 1.807) is 0 Å². The van der Waals surface area contributed by atoms with Crippen molar-refractivity contribution in [1.82, 2.24) is 19.9 Å². The van der Waals surface area contributed by atoms with Crippen LogP contribution >= 0.6 is 0 Å². The molecule has 5 heterocycles. The lowest BCUT2D eigenvalue weighted by atomic mass is 10.0. The maximum absolute atomic E-state index is 13.3. The summed E-state index contributed by atoms with van der Waals surface area (Å²) in [4.78, 5) is 68.3. The van der Waals surface area contributed by atoms with Gasteiger partial charge in [-0.1, -0.05) is 0 Å². The van der Waals surface area contributed by atoms with E-state index >= 15 is 0 Å². The fraction of sp³-hybridized carbons (Fsp3) is 0.200. The molecule has 4 atom stereocenters. The zero-order valence-electron chi connectivity index (χ0n) is 22.8. The van der Waals surface area contributed by atoms with E-state index in [0.717, 1.165) is 0 Å². The van der Waals surface area contributed by atoms with Gasteiger partial charge in [0.05, 0.1) is 28.9 Å². The molecule has 1 unspecified atom stereocenters. The van der Waals surface area contributed by atoms with Gasteiger partial charge < -0.3 is 28.8 Å². The van der Waals surface area contributed by atoms with Crippen LogP contribution in [0.1, 0.15) is 41.4 Å². The van der Waals surface area contributed by atoms with Crippen molar-refractivity contribution < 1.29 is 48.0 Å². The lowest BCUT2D eigenvalue weighted by Crippen LogP contribution is -2.53. The van der Waals surface area contributed by atoms with Gasteiger partial charge >= 0.3 is 23.9 Å². The van der Waals surface area contributed by atoms with Crippen LogP contribution < -0.4 is 0 Å². The van der Waals surface area contributed by atoms with Crippen molar-refractivity contribution >= 4 is 23.9 Å². The number of aliphatic hydroxyl groups excluding tert-OH is 1. The predicted octanol–water partition coefficient (Wildman–Crippen LogP) is 1.82. The fourth-order valence-corrected chi connectivity index (χ4v) is 4.27. The highest BCUT2D eigenvalue weighted by atomic mass is 16.8. The monoisotopic (exact) mass is 600 g/mol. The molecule has 0 bridgehead atoms. The number of hydrogen-bond donors (Lipinski definition) is 1. The molecule has 224 valence electrons. The van der Waals surface area contributed by atoms with E-state index in [1.807, 2.05) is 0 Å². The Hall–Kier alpha value is -5.60. The van der Waals surface area contributed by atoms with Crippen molar-refractivity contribution in [1.29, 1.82) is 0 Å². The highest BCUT2D eigenvalue weighted by molar-refractivity contribution is 5.91. The molecular formula is C30H24N4O10. The molecule has 5 rings (SSSR count). The van der Waals surface area contributed by atoms with Crippen LogP contribution in [0.4, 0.5) is 0 Å². The average Bonchev–Trinajstić information content (AvgIpc) is 3.36. The van der Waals surface area contributed by atoms with Crippen LogP contribution in [0, 0.1) is 0 Å². The molecule has 4 aromatic heterocycles. The number of rotatable bonds is 10. The highest BCUT2D eigenvalue weighted by Crippen LogP contribution is 2.39.